The van der Waals surface area contributed by atoms with Crippen LogP contribution in [0, 0.1) is 15.9 Å². The van der Waals surface area contributed by atoms with Crippen LogP contribution in [-0.4, -0.2) is 39.3 Å². The maximum Gasteiger partial charge on any atom is 0.372 e. The molecule has 0 saturated carbocycles. The number of methoxy groups -OCH3 is 3. The predicted molar refractivity (Wildman–Crippen MR) is 144 cm³/mol. The summed E-state index contributed by atoms with van der Waals surface area (Å²) in [6.07, 6.45) is 0. The minimum Gasteiger partial charge on any atom is -0.497 e. The highest BCUT2D eigenvalue weighted by molar-refractivity contribution is 5.92. The summed E-state index contributed by atoms with van der Waals surface area (Å²) in [6, 6.07) is 22.1. The fourth-order valence-electron chi connectivity index (χ4n) is 4.30. The monoisotopic (exact) mass is 533 g/mol. The van der Waals surface area contributed by atoms with Gasteiger partial charge in [-0.2, -0.15) is 0 Å². The van der Waals surface area contributed by atoms with E-state index in [1.807, 2.05) is 24.3 Å². The molecule has 0 aliphatic rings. The number of halogens is 1. The third-order valence-corrected chi connectivity index (χ3v) is 6.39. The topological polar surface area (TPSA) is 97.1 Å². The molecule has 0 aromatic heterocycles. The van der Waals surface area contributed by atoms with Gasteiger partial charge in [-0.25, -0.2) is 13.7 Å². The van der Waals surface area contributed by atoms with E-state index in [0.29, 0.717) is 22.9 Å². The summed E-state index contributed by atoms with van der Waals surface area (Å²) in [5, 5.41) is 12.6. The molecule has 200 valence electrons. The van der Waals surface area contributed by atoms with Gasteiger partial charge in [0.2, 0.25) is 11.4 Å². The van der Waals surface area contributed by atoms with Crippen molar-refractivity contribution in [2.75, 3.05) is 28.4 Å². The first kappa shape index (κ1) is 27.1. The largest absolute Gasteiger partial charge is 0.497 e. The molecule has 0 bridgehead atoms. The number of quaternary nitrogens is 1. The Kier molecular flexibility index (Phi) is 7.78. The van der Waals surface area contributed by atoms with Crippen molar-refractivity contribution in [2.24, 2.45) is 0 Å². The summed E-state index contributed by atoms with van der Waals surface area (Å²) in [6.45, 7) is 0. The molecule has 0 heterocycles. The highest BCUT2D eigenvalue weighted by atomic mass is 19.1. The number of rotatable bonds is 9. The zero-order valence-electron chi connectivity index (χ0n) is 21.7. The number of benzene rings is 4. The van der Waals surface area contributed by atoms with Gasteiger partial charge in [-0.1, -0.05) is 6.07 Å². The average molecular weight is 534 g/mol. The summed E-state index contributed by atoms with van der Waals surface area (Å²) in [5.74, 6) is -0.625. The van der Waals surface area contributed by atoms with Crippen LogP contribution in [0.2, 0.25) is 0 Å². The van der Waals surface area contributed by atoms with Gasteiger partial charge in [0.05, 0.1) is 33.3 Å². The second-order valence-corrected chi connectivity index (χ2v) is 8.52. The number of carbonyl (C=O) groups is 1. The number of esters is 1. The molecule has 0 aliphatic carbocycles. The van der Waals surface area contributed by atoms with E-state index in [4.69, 9.17) is 18.9 Å². The first-order valence-electron chi connectivity index (χ1n) is 11.7. The van der Waals surface area contributed by atoms with Crippen LogP contribution in [0.15, 0.2) is 84.9 Å². The Morgan fingerprint density at radius 2 is 1.38 bits per heavy atom. The zero-order valence-corrected chi connectivity index (χ0v) is 21.7. The minimum atomic E-state index is -0.777. The first-order chi connectivity index (χ1) is 18.7. The molecule has 4 aromatic rings. The van der Waals surface area contributed by atoms with Gasteiger partial charge in [-0.05, 0) is 42.5 Å². The molecule has 4 rings (SSSR count). The van der Waals surface area contributed by atoms with Crippen molar-refractivity contribution < 1.29 is 33.1 Å². The summed E-state index contributed by atoms with van der Waals surface area (Å²) in [4.78, 5) is 24.3. The van der Waals surface area contributed by atoms with Gasteiger partial charge in [0.25, 0.3) is 0 Å². The Labute approximate surface area is 224 Å². The van der Waals surface area contributed by atoms with E-state index < -0.39 is 16.7 Å². The van der Waals surface area contributed by atoms with Gasteiger partial charge in [0.15, 0.2) is 0 Å². The fourth-order valence-corrected chi connectivity index (χ4v) is 4.30. The van der Waals surface area contributed by atoms with E-state index in [1.54, 1.807) is 57.7 Å². The lowest BCUT2D eigenvalue weighted by molar-refractivity contribution is -0.385. The first-order valence-corrected chi connectivity index (χ1v) is 11.7. The molecule has 10 heteroatoms. The highest BCUT2D eigenvalue weighted by Gasteiger charge is 2.40. The van der Waals surface area contributed by atoms with Crippen molar-refractivity contribution in [1.29, 1.82) is 0 Å². The van der Waals surface area contributed by atoms with Crippen molar-refractivity contribution in [3.63, 3.8) is 0 Å². The zero-order chi connectivity index (χ0) is 28.2. The van der Waals surface area contributed by atoms with Crippen molar-refractivity contribution >= 4 is 28.7 Å². The van der Waals surface area contributed by atoms with E-state index in [2.05, 4.69) is 0 Å². The summed E-state index contributed by atoms with van der Waals surface area (Å²) in [5.41, 5.74) is 1.17. The molecule has 0 aliphatic heterocycles. The van der Waals surface area contributed by atoms with E-state index in [1.165, 1.54) is 19.2 Å². The molecule has 39 heavy (non-hydrogen) atoms. The van der Waals surface area contributed by atoms with Crippen LogP contribution < -0.4 is 18.7 Å². The molecule has 0 amide bonds. The number of carbonyl (C=O) groups excluding carboxylic acids is 1. The Hall–Kier alpha value is -4.96. The molecule has 4 aromatic carbocycles. The Balaban J connectivity index is 1.96. The number of ether oxygens (including phenoxy) is 4. The van der Waals surface area contributed by atoms with Gasteiger partial charge in [-0.3, -0.25) is 10.1 Å². The summed E-state index contributed by atoms with van der Waals surface area (Å²) in [7, 11) is 6.07. The number of nitro groups is 1. The lowest BCUT2D eigenvalue weighted by atomic mass is 10.1. The second kappa shape index (κ2) is 11.2. The number of nitro benzene ring substituents is 1. The Bertz CT molecular complexity index is 1460. The van der Waals surface area contributed by atoms with Crippen LogP contribution in [-0.2, 0) is 4.74 Å². The smallest absolute Gasteiger partial charge is 0.372 e. The van der Waals surface area contributed by atoms with Gasteiger partial charge < -0.3 is 18.9 Å². The predicted octanol–water partition coefficient (Wildman–Crippen LogP) is 6.93. The molecule has 0 unspecified atom stereocenters. The maximum absolute atomic E-state index is 14.1. The SMILES string of the molecule is COC(=O)c1ccc(F)cc1Oc1cccc([N+](C)(c2ccc(OC)cc2)c2ccc(OC)cc2)c1[N+](=O)[O-]. The van der Waals surface area contributed by atoms with Crippen molar-refractivity contribution in [3.8, 4) is 23.0 Å². The molecule has 9 nitrogen and oxygen atoms in total. The molecular weight excluding hydrogens is 507 g/mol. The van der Waals surface area contributed by atoms with E-state index in [0.717, 1.165) is 12.1 Å². The van der Waals surface area contributed by atoms with Gasteiger partial charge in [-0.15, -0.1) is 0 Å². The molecule has 0 saturated heterocycles. The van der Waals surface area contributed by atoms with Crippen LogP contribution in [0.5, 0.6) is 23.0 Å². The molecule has 0 fully saturated rings. The molecule has 0 spiro atoms. The number of nitrogens with zero attached hydrogens (tertiary/aromatic N) is 2. The van der Waals surface area contributed by atoms with Gasteiger partial charge >= 0.3 is 11.7 Å². The number of hydrogen-bond donors (Lipinski definition) is 0. The van der Waals surface area contributed by atoms with Crippen molar-refractivity contribution in [1.82, 2.24) is 4.48 Å². The molecule has 0 radical (unpaired) electrons. The van der Waals surface area contributed by atoms with E-state index in [9.17, 15) is 19.3 Å². The quantitative estimate of drug-likeness (QED) is 0.0996. The molecule has 0 atom stereocenters. The Morgan fingerprint density at radius 3 is 1.87 bits per heavy atom. The lowest BCUT2D eigenvalue weighted by Crippen LogP contribution is -2.34. The molecule has 0 N–H and O–H groups in total. The third-order valence-electron chi connectivity index (χ3n) is 6.39. The second-order valence-electron chi connectivity index (χ2n) is 8.52. The normalized spacial score (nSPS) is 11.0. The van der Waals surface area contributed by atoms with Crippen molar-refractivity contribution in [3.05, 3.63) is 106 Å². The van der Waals surface area contributed by atoms with Crippen LogP contribution >= 0.6 is 0 Å². The summed E-state index contributed by atoms with van der Waals surface area (Å²) < 4.78 is 35.2. The van der Waals surface area contributed by atoms with Gasteiger partial charge in [0, 0.05) is 36.4 Å². The Morgan fingerprint density at radius 1 is 0.821 bits per heavy atom. The lowest BCUT2D eigenvalue weighted by Gasteiger charge is -2.33. The summed E-state index contributed by atoms with van der Waals surface area (Å²) >= 11 is 0. The maximum atomic E-state index is 14.1. The highest BCUT2D eigenvalue weighted by Crippen LogP contribution is 2.50. The van der Waals surface area contributed by atoms with Crippen molar-refractivity contribution in [2.45, 2.75) is 0 Å². The average Bonchev–Trinajstić information content (AvgIpc) is 2.96. The standard InChI is InChI=1S/C29H26FN2O7/c1-32(20-9-13-22(36-2)14-10-20,21-11-15-23(37-3)16-12-21)25-6-5-7-26(28(25)31(34)35)39-27-18-19(30)8-17-24(27)29(33)38-4/h5-18H,1-4H3/q+1. The number of para-hydroxylation sites is 1. The third kappa shape index (κ3) is 5.23. The molecular formula is C29H26FN2O7+. The van der Waals surface area contributed by atoms with Crippen LogP contribution in [0.4, 0.5) is 27.1 Å². The number of hydrogen-bond acceptors (Lipinski definition) is 7. The fraction of sp³-hybridized carbons (Fsp3) is 0.138. The van der Waals surface area contributed by atoms with Gasteiger partial charge in [0.1, 0.15) is 40.0 Å². The van der Waals surface area contributed by atoms with Crippen LogP contribution in [0.3, 0.4) is 0 Å². The van der Waals surface area contributed by atoms with Crippen LogP contribution in [0.25, 0.3) is 0 Å². The minimum absolute atomic E-state index is 0.0823. The van der Waals surface area contributed by atoms with Crippen LogP contribution in [0.1, 0.15) is 10.4 Å². The van der Waals surface area contributed by atoms with E-state index in [-0.39, 0.29) is 32.9 Å². The van der Waals surface area contributed by atoms with E-state index >= 15 is 0 Å².